The smallest absolute Gasteiger partial charge is 0.127 e. The van der Waals surface area contributed by atoms with Crippen LogP contribution in [0.25, 0.3) is 11.0 Å². The van der Waals surface area contributed by atoms with E-state index in [9.17, 15) is 0 Å². The van der Waals surface area contributed by atoms with Crippen LogP contribution in [-0.4, -0.2) is 22.3 Å². The van der Waals surface area contributed by atoms with Gasteiger partial charge in [-0.1, -0.05) is 12.1 Å². The fourth-order valence-corrected chi connectivity index (χ4v) is 2.42. The summed E-state index contributed by atoms with van der Waals surface area (Å²) in [6.45, 7) is 0. The number of pyridine rings is 1. The Kier molecular flexibility index (Phi) is 3.21. The molecule has 2 heterocycles. The van der Waals surface area contributed by atoms with E-state index in [4.69, 9.17) is 4.74 Å². The molecular weight excluding hydrogens is 306 g/mol. The Morgan fingerprint density at radius 3 is 2.68 bits per heavy atom. The number of H-pyrrole nitrogens is 1. The Hall–Kier alpha value is -1.88. The van der Waals surface area contributed by atoms with Crippen LogP contribution in [0.15, 0.2) is 41.1 Å². The van der Waals surface area contributed by atoms with Crippen molar-refractivity contribution in [1.82, 2.24) is 15.2 Å². The van der Waals surface area contributed by atoms with E-state index in [-0.39, 0.29) is 0 Å². The third-order valence-electron chi connectivity index (χ3n) is 3.04. The van der Waals surface area contributed by atoms with E-state index in [1.54, 1.807) is 7.11 Å². The predicted octanol–water partition coefficient (Wildman–Crippen LogP) is 3.32. The number of aromatic amines is 1. The zero-order chi connectivity index (χ0) is 13.2. The molecule has 0 saturated carbocycles. The monoisotopic (exact) mass is 317 g/mol. The van der Waals surface area contributed by atoms with Gasteiger partial charge in [-0.3, -0.25) is 10.1 Å². The standard InChI is InChI=1S/C14H12BrN3O/c1-19-11-4-2-9(3-5-11)8-10-6-7-16-13-12(10)17-18-14(13)15/h2-7H,8H2,1H3,(H,17,18). The molecule has 4 nitrogen and oxygen atoms in total. The molecular formula is C14H12BrN3O. The Balaban J connectivity index is 1.96. The van der Waals surface area contributed by atoms with Crippen LogP contribution in [0, 0.1) is 0 Å². The second kappa shape index (κ2) is 5.01. The molecule has 0 aliphatic heterocycles. The number of fused-ring (bicyclic) bond motifs is 1. The summed E-state index contributed by atoms with van der Waals surface area (Å²) in [5, 5.41) is 7.19. The number of nitrogens with one attached hydrogen (secondary N) is 1. The van der Waals surface area contributed by atoms with E-state index < -0.39 is 0 Å². The van der Waals surface area contributed by atoms with Gasteiger partial charge in [0.15, 0.2) is 0 Å². The Morgan fingerprint density at radius 2 is 1.95 bits per heavy atom. The fourth-order valence-electron chi connectivity index (χ4n) is 2.04. The first kappa shape index (κ1) is 12.2. The van der Waals surface area contributed by atoms with Gasteiger partial charge in [-0.05, 0) is 51.7 Å². The number of rotatable bonds is 3. The highest BCUT2D eigenvalue weighted by Gasteiger charge is 2.09. The van der Waals surface area contributed by atoms with Crippen molar-refractivity contribution in [2.24, 2.45) is 0 Å². The van der Waals surface area contributed by atoms with Crippen molar-refractivity contribution < 1.29 is 4.74 Å². The first-order valence-electron chi connectivity index (χ1n) is 5.88. The first-order chi connectivity index (χ1) is 9.28. The van der Waals surface area contributed by atoms with Gasteiger partial charge in [-0.15, -0.1) is 0 Å². The second-order valence-electron chi connectivity index (χ2n) is 4.23. The molecule has 1 aromatic carbocycles. The van der Waals surface area contributed by atoms with Crippen molar-refractivity contribution >= 4 is 27.0 Å². The van der Waals surface area contributed by atoms with E-state index in [0.717, 1.165) is 33.4 Å². The number of benzene rings is 1. The van der Waals surface area contributed by atoms with E-state index in [1.165, 1.54) is 5.56 Å². The van der Waals surface area contributed by atoms with Gasteiger partial charge in [0.05, 0.1) is 7.11 Å². The minimum Gasteiger partial charge on any atom is -0.497 e. The highest BCUT2D eigenvalue weighted by atomic mass is 79.9. The lowest BCUT2D eigenvalue weighted by Gasteiger charge is -2.04. The van der Waals surface area contributed by atoms with Crippen LogP contribution in [-0.2, 0) is 6.42 Å². The molecule has 1 N–H and O–H groups in total. The highest BCUT2D eigenvalue weighted by molar-refractivity contribution is 9.10. The number of nitrogens with zero attached hydrogens (tertiary/aromatic N) is 2. The van der Waals surface area contributed by atoms with Gasteiger partial charge in [0.2, 0.25) is 0 Å². The summed E-state index contributed by atoms with van der Waals surface area (Å²) in [6, 6.07) is 10.1. The normalized spacial score (nSPS) is 10.8. The molecule has 19 heavy (non-hydrogen) atoms. The van der Waals surface area contributed by atoms with Crippen LogP contribution in [0.2, 0.25) is 0 Å². The predicted molar refractivity (Wildman–Crippen MR) is 77.4 cm³/mol. The van der Waals surface area contributed by atoms with Crippen molar-refractivity contribution in [1.29, 1.82) is 0 Å². The molecule has 2 aromatic heterocycles. The lowest BCUT2D eigenvalue weighted by Crippen LogP contribution is -1.91. The van der Waals surface area contributed by atoms with Gasteiger partial charge in [0.1, 0.15) is 21.4 Å². The third kappa shape index (κ3) is 2.33. The molecule has 0 aliphatic rings. The topological polar surface area (TPSA) is 50.8 Å². The van der Waals surface area contributed by atoms with Crippen molar-refractivity contribution in [3.63, 3.8) is 0 Å². The Bertz CT molecular complexity index is 706. The van der Waals surface area contributed by atoms with E-state index in [1.807, 2.05) is 24.4 Å². The number of hydrogen-bond donors (Lipinski definition) is 1. The molecule has 0 bridgehead atoms. The summed E-state index contributed by atoms with van der Waals surface area (Å²) in [6.07, 6.45) is 2.63. The molecule has 0 spiro atoms. The molecule has 3 aromatic rings. The number of aromatic nitrogens is 3. The first-order valence-corrected chi connectivity index (χ1v) is 6.67. The van der Waals surface area contributed by atoms with Crippen molar-refractivity contribution in [3.8, 4) is 5.75 Å². The third-order valence-corrected chi connectivity index (χ3v) is 3.59. The van der Waals surface area contributed by atoms with Crippen LogP contribution in [0.3, 0.4) is 0 Å². The molecule has 0 unspecified atom stereocenters. The van der Waals surface area contributed by atoms with E-state index >= 15 is 0 Å². The zero-order valence-corrected chi connectivity index (χ0v) is 11.9. The molecule has 3 rings (SSSR count). The van der Waals surface area contributed by atoms with Gasteiger partial charge < -0.3 is 4.74 Å². The largest absolute Gasteiger partial charge is 0.497 e. The van der Waals surface area contributed by atoms with Crippen molar-refractivity contribution in [2.45, 2.75) is 6.42 Å². The summed E-state index contributed by atoms with van der Waals surface area (Å²) in [5.41, 5.74) is 4.14. The van der Waals surface area contributed by atoms with Crippen molar-refractivity contribution in [2.75, 3.05) is 7.11 Å². The van der Waals surface area contributed by atoms with Gasteiger partial charge in [-0.2, -0.15) is 5.10 Å². The summed E-state index contributed by atoms with van der Waals surface area (Å²) in [4.78, 5) is 4.31. The quantitative estimate of drug-likeness (QED) is 0.806. The molecule has 0 atom stereocenters. The average molecular weight is 318 g/mol. The van der Waals surface area contributed by atoms with Gasteiger partial charge in [-0.25, -0.2) is 0 Å². The van der Waals surface area contributed by atoms with Crippen LogP contribution >= 0.6 is 15.9 Å². The highest BCUT2D eigenvalue weighted by Crippen LogP contribution is 2.23. The van der Waals surface area contributed by atoms with E-state index in [0.29, 0.717) is 0 Å². The lowest BCUT2D eigenvalue weighted by molar-refractivity contribution is 0.414. The summed E-state index contributed by atoms with van der Waals surface area (Å²) >= 11 is 3.41. The molecule has 5 heteroatoms. The Morgan fingerprint density at radius 1 is 1.16 bits per heavy atom. The van der Waals surface area contributed by atoms with E-state index in [2.05, 4.69) is 43.2 Å². The number of halogens is 1. The average Bonchev–Trinajstić information content (AvgIpc) is 2.83. The minimum absolute atomic E-state index is 0.819. The van der Waals surface area contributed by atoms with Crippen LogP contribution in [0.1, 0.15) is 11.1 Å². The molecule has 0 saturated heterocycles. The summed E-state index contributed by atoms with van der Waals surface area (Å²) < 4.78 is 5.98. The fraction of sp³-hybridized carbons (Fsp3) is 0.143. The van der Waals surface area contributed by atoms with Gasteiger partial charge in [0.25, 0.3) is 0 Å². The lowest BCUT2D eigenvalue weighted by atomic mass is 10.0. The van der Waals surface area contributed by atoms with Crippen LogP contribution in [0.5, 0.6) is 5.75 Å². The maximum Gasteiger partial charge on any atom is 0.127 e. The van der Waals surface area contributed by atoms with Crippen LogP contribution < -0.4 is 4.74 Å². The number of ether oxygens (including phenoxy) is 1. The summed E-state index contributed by atoms with van der Waals surface area (Å²) in [5.74, 6) is 0.867. The molecule has 96 valence electrons. The minimum atomic E-state index is 0.819. The zero-order valence-electron chi connectivity index (χ0n) is 10.4. The van der Waals surface area contributed by atoms with Crippen LogP contribution in [0.4, 0.5) is 0 Å². The molecule has 0 radical (unpaired) electrons. The van der Waals surface area contributed by atoms with Gasteiger partial charge >= 0.3 is 0 Å². The molecule has 0 aliphatic carbocycles. The maximum atomic E-state index is 5.16. The molecule has 0 amide bonds. The SMILES string of the molecule is COc1ccc(Cc2ccnc3c(Br)[nH]nc23)cc1. The molecule has 0 fully saturated rings. The number of methoxy groups -OCH3 is 1. The van der Waals surface area contributed by atoms with Crippen molar-refractivity contribution in [3.05, 3.63) is 52.3 Å². The number of hydrogen-bond acceptors (Lipinski definition) is 3. The second-order valence-corrected chi connectivity index (χ2v) is 5.02. The summed E-state index contributed by atoms with van der Waals surface area (Å²) in [7, 11) is 1.67. The van der Waals surface area contributed by atoms with Gasteiger partial charge in [0, 0.05) is 6.20 Å². The maximum absolute atomic E-state index is 5.16. The Labute approximate surface area is 118 Å².